The minimum Gasteiger partial charge on any atom is -0.436 e. The maximum Gasteiger partial charge on any atom is 0.240 e. The molecule has 0 aliphatic rings. The smallest absolute Gasteiger partial charge is 0.240 e. The lowest BCUT2D eigenvalue weighted by atomic mass is 10.2. The number of anilines is 1. The van der Waals surface area contributed by atoms with Crippen molar-refractivity contribution in [1.82, 2.24) is 4.98 Å². The first-order valence-electron chi connectivity index (χ1n) is 6.42. The maximum absolute atomic E-state index is 9.06. The van der Waals surface area contributed by atoms with Crippen LogP contribution in [0, 0.1) is 11.3 Å². The van der Waals surface area contributed by atoms with Crippen LogP contribution in [0.15, 0.2) is 30.3 Å². The van der Waals surface area contributed by atoms with Gasteiger partial charge < -0.3 is 10.1 Å². The Bertz CT molecular complexity index is 683. The van der Waals surface area contributed by atoms with Crippen molar-refractivity contribution in [1.29, 1.82) is 5.26 Å². The third kappa shape index (κ3) is 3.78. The normalized spacial score (nSPS) is 10.0. The number of nitrogens with zero attached hydrogens (tertiary/aromatic N) is 2. The molecule has 0 aliphatic carbocycles. The van der Waals surface area contributed by atoms with Gasteiger partial charge in [-0.25, -0.2) is 0 Å². The van der Waals surface area contributed by atoms with E-state index in [9.17, 15) is 0 Å². The lowest BCUT2D eigenvalue weighted by Gasteiger charge is -2.12. The summed E-state index contributed by atoms with van der Waals surface area (Å²) in [7, 11) is 0. The summed E-state index contributed by atoms with van der Waals surface area (Å²) in [5.41, 5.74) is 0.411. The zero-order valence-corrected chi connectivity index (χ0v) is 12.9. The molecular weight excluding hydrogens is 309 g/mol. The molecule has 0 fully saturated rings. The molecule has 1 N–H and O–H groups in total. The van der Waals surface area contributed by atoms with Crippen molar-refractivity contribution < 1.29 is 4.74 Å². The van der Waals surface area contributed by atoms with Crippen LogP contribution < -0.4 is 10.1 Å². The fourth-order valence-corrected chi connectivity index (χ4v) is 2.10. The van der Waals surface area contributed by atoms with E-state index in [1.165, 1.54) is 0 Å². The first kappa shape index (κ1) is 15.4. The second-order valence-corrected chi connectivity index (χ2v) is 5.06. The van der Waals surface area contributed by atoms with Crippen LogP contribution >= 0.6 is 23.2 Å². The summed E-state index contributed by atoms with van der Waals surface area (Å²) in [6.45, 7) is 2.78. The molecule has 4 nitrogen and oxygen atoms in total. The molecule has 0 bridgehead atoms. The van der Waals surface area contributed by atoms with E-state index >= 15 is 0 Å². The molecule has 2 aromatic rings. The molecule has 0 saturated heterocycles. The van der Waals surface area contributed by atoms with E-state index in [1.807, 2.05) is 6.92 Å². The number of hydrogen-bond acceptors (Lipinski definition) is 4. The van der Waals surface area contributed by atoms with Gasteiger partial charge in [0.2, 0.25) is 5.88 Å². The van der Waals surface area contributed by atoms with Gasteiger partial charge in [0.1, 0.15) is 22.7 Å². The topological polar surface area (TPSA) is 57.9 Å². The zero-order valence-electron chi connectivity index (χ0n) is 11.4. The highest BCUT2D eigenvalue weighted by Gasteiger charge is 2.12. The summed E-state index contributed by atoms with van der Waals surface area (Å²) < 4.78 is 5.64. The summed E-state index contributed by atoms with van der Waals surface area (Å²) in [6.07, 6.45) is 0.939. The number of nitrogens with one attached hydrogen (secondary N) is 1. The van der Waals surface area contributed by atoms with Crippen molar-refractivity contribution in [3.8, 4) is 17.7 Å². The molecule has 1 aromatic heterocycles. The molecule has 0 aliphatic heterocycles. The highest BCUT2D eigenvalue weighted by molar-refractivity contribution is 6.36. The average Bonchev–Trinajstić information content (AvgIpc) is 2.49. The molecule has 6 heteroatoms. The summed E-state index contributed by atoms with van der Waals surface area (Å²) >= 11 is 12.2. The monoisotopic (exact) mass is 321 g/mol. The summed E-state index contributed by atoms with van der Waals surface area (Å²) in [4.78, 5) is 4.27. The van der Waals surface area contributed by atoms with Gasteiger partial charge in [-0.15, -0.1) is 0 Å². The Kier molecular flexibility index (Phi) is 5.26. The molecule has 0 amide bonds. The highest BCUT2D eigenvalue weighted by Crippen LogP contribution is 2.34. The standard InChI is InChI=1S/C15H13Cl2N3O/c1-2-7-19-14-11(16)8-12(17)15(20-14)21-13-6-4-3-5-10(13)9-18/h3-6,8H,2,7H2,1H3,(H,19,20). The van der Waals surface area contributed by atoms with Crippen molar-refractivity contribution in [2.75, 3.05) is 11.9 Å². The van der Waals surface area contributed by atoms with Crippen LogP contribution in [0.2, 0.25) is 10.0 Å². The minimum atomic E-state index is 0.211. The van der Waals surface area contributed by atoms with Crippen LogP contribution in [0.1, 0.15) is 18.9 Å². The van der Waals surface area contributed by atoms with Crippen molar-refractivity contribution in [2.45, 2.75) is 13.3 Å². The Morgan fingerprint density at radius 1 is 1.29 bits per heavy atom. The van der Waals surface area contributed by atoms with Gasteiger partial charge in [-0.2, -0.15) is 10.2 Å². The van der Waals surface area contributed by atoms with E-state index in [1.54, 1.807) is 30.3 Å². The van der Waals surface area contributed by atoms with E-state index in [2.05, 4.69) is 16.4 Å². The summed E-state index contributed by atoms with van der Waals surface area (Å²) in [5, 5.41) is 12.9. The molecule has 21 heavy (non-hydrogen) atoms. The van der Waals surface area contributed by atoms with Crippen LogP contribution in [-0.2, 0) is 0 Å². The lowest BCUT2D eigenvalue weighted by molar-refractivity contribution is 0.462. The molecule has 0 unspecified atom stereocenters. The van der Waals surface area contributed by atoms with Crippen LogP contribution in [0.4, 0.5) is 5.82 Å². The van der Waals surface area contributed by atoms with E-state index < -0.39 is 0 Å². The van der Waals surface area contributed by atoms with Crippen LogP contribution in [0.25, 0.3) is 0 Å². The number of ether oxygens (including phenoxy) is 1. The number of halogens is 2. The van der Waals surface area contributed by atoms with Gasteiger partial charge in [0.15, 0.2) is 0 Å². The third-order valence-corrected chi connectivity index (χ3v) is 3.21. The number of para-hydroxylation sites is 1. The molecule has 0 radical (unpaired) electrons. The van der Waals surface area contributed by atoms with Crippen molar-refractivity contribution in [3.05, 3.63) is 45.9 Å². The second-order valence-electron chi connectivity index (χ2n) is 4.24. The van der Waals surface area contributed by atoms with Crippen molar-refractivity contribution in [2.24, 2.45) is 0 Å². The number of nitriles is 1. The average molecular weight is 322 g/mol. The van der Waals surface area contributed by atoms with Gasteiger partial charge in [0, 0.05) is 6.54 Å². The first-order chi connectivity index (χ1) is 10.2. The molecule has 108 valence electrons. The largest absolute Gasteiger partial charge is 0.436 e. The predicted molar refractivity (Wildman–Crippen MR) is 84.3 cm³/mol. The number of rotatable bonds is 5. The predicted octanol–water partition coefficient (Wildman–Crippen LogP) is 4.87. The Morgan fingerprint density at radius 3 is 2.76 bits per heavy atom. The molecule has 2 rings (SSSR count). The Labute approximate surface area is 133 Å². The van der Waals surface area contributed by atoms with Gasteiger partial charge in [-0.05, 0) is 24.6 Å². The van der Waals surface area contributed by atoms with E-state index in [4.69, 9.17) is 33.2 Å². The Morgan fingerprint density at radius 2 is 2.05 bits per heavy atom. The van der Waals surface area contributed by atoms with Gasteiger partial charge in [-0.1, -0.05) is 42.3 Å². The van der Waals surface area contributed by atoms with E-state index in [-0.39, 0.29) is 10.9 Å². The van der Waals surface area contributed by atoms with Crippen LogP contribution in [-0.4, -0.2) is 11.5 Å². The van der Waals surface area contributed by atoms with Gasteiger partial charge in [-0.3, -0.25) is 0 Å². The summed E-state index contributed by atoms with van der Waals surface area (Å²) in [6, 6.07) is 10.5. The van der Waals surface area contributed by atoms with Gasteiger partial charge >= 0.3 is 0 Å². The third-order valence-electron chi connectivity index (χ3n) is 2.65. The number of benzene rings is 1. The fourth-order valence-electron chi connectivity index (χ4n) is 1.64. The first-order valence-corrected chi connectivity index (χ1v) is 7.18. The SMILES string of the molecule is CCCNc1nc(Oc2ccccc2C#N)c(Cl)cc1Cl. The van der Waals surface area contributed by atoms with Crippen LogP contribution in [0.3, 0.4) is 0 Å². The molecule has 0 atom stereocenters. The number of aromatic nitrogens is 1. The number of pyridine rings is 1. The summed E-state index contributed by atoms with van der Waals surface area (Å²) in [5.74, 6) is 1.12. The van der Waals surface area contributed by atoms with Crippen molar-refractivity contribution >= 4 is 29.0 Å². The number of hydrogen-bond donors (Lipinski definition) is 1. The molecular formula is C15H13Cl2N3O. The van der Waals surface area contributed by atoms with Crippen molar-refractivity contribution in [3.63, 3.8) is 0 Å². The Balaban J connectivity index is 2.33. The maximum atomic E-state index is 9.06. The molecule has 0 saturated carbocycles. The van der Waals surface area contributed by atoms with E-state index in [0.717, 1.165) is 13.0 Å². The fraction of sp³-hybridized carbons (Fsp3) is 0.200. The molecule has 1 heterocycles. The molecule has 0 spiro atoms. The Hall–Kier alpha value is -1.96. The molecule has 1 aromatic carbocycles. The van der Waals surface area contributed by atoms with Gasteiger partial charge in [0.25, 0.3) is 0 Å². The second kappa shape index (κ2) is 7.16. The zero-order chi connectivity index (χ0) is 15.2. The highest BCUT2D eigenvalue weighted by atomic mass is 35.5. The van der Waals surface area contributed by atoms with Crippen LogP contribution in [0.5, 0.6) is 11.6 Å². The minimum absolute atomic E-state index is 0.211. The van der Waals surface area contributed by atoms with E-state index in [0.29, 0.717) is 22.2 Å². The lowest BCUT2D eigenvalue weighted by Crippen LogP contribution is -2.03. The quantitative estimate of drug-likeness (QED) is 0.853. The van der Waals surface area contributed by atoms with Gasteiger partial charge in [0.05, 0.1) is 10.6 Å².